The molecule has 1 rings (SSSR count). The summed E-state index contributed by atoms with van der Waals surface area (Å²) in [6.07, 6.45) is 0.766. The molecule has 92 valence electrons. The summed E-state index contributed by atoms with van der Waals surface area (Å²) in [6.45, 7) is 6.06. The summed E-state index contributed by atoms with van der Waals surface area (Å²) in [5.41, 5.74) is 4.43. The van der Waals surface area contributed by atoms with E-state index in [-0.39, 0.29) is 18.9 Å². The third-order valence-electron chi connectivity index (χ3n) is 2.95. The Labute approximate surface area is 95.6 Å². The van der Waals surface area contributed by atoms with Crippen molar-refractivity contribution < 1.29 is 14.7 Å². The number of carbonyl (C=O) groups excluding carboxylic acids is 1. The van der Waals surface area contributed by atoms with Crippen LogP contribution in [-0.2, 0) is 9.59 Å². The second-order valence-corrected chi connectivity index (χ2v) is 5.60. The highest BCUT2D eigenvalue weighted by Gasteiger charge is 2.42. The van der Waals surface area contributed by atoms with E-state index in [9.17, 15) is 9.59 Å². The lowest BCUT2D eigenvalue weighted by atomic mass is 9.90. The number of hydrogen-bond donors (Lipinski definition) is 2. The molecule has 0 spiro atoms. The lowest BCUT2D eigenvalue weighted by Crippen LogP contribution is -2.41. The number of likely N-dealkylation sites (tertiary alicyclic amines) is 1. The van der Waals surface area contributed by atoms with Crippen LogP contribution in [-0.4, -0.2) is 40.5 Å². The quantitative estimate of drug-likeness (QED) is 0.734. The third-order valence-corrected chi connectivity index (χ3v) is 2.95. The Bertz CT molecular complexity index is 309. The van der Waals surface area contributed by atoms with Gasteiger partial charge in [-0.05, 0) is 27.2 Å². The molecule has 16 heavy (non-hydrogen) atoms. The minimum atomic E-state index is -0.838. The highest BCUT2D eigenvalue weighted by Crippen LogP contribution is 2.30. The number of carboxylic acid groups (broad SMARTS) is 1. The lowest BCUT2D eigenvalue weighted by molar-refractivity contribution is -0.147. The molecule has 1 saturated heterocycles. The van der Waals surface area contributed by atoms with Crippen LogP contribution in [0.5, 0.6) is 0 Å². The highest BCUT2D eigenvalue weighted by molar-refractivity contribution is 5.81. The minimum Gasteiger partial charge on any atom is -0.481 e. The predicted molar refractivity (Wildman–Crippen MR) is 59.8 cm³/mol. The number of nitrogens with zero attached hydrogens (tertiary/aromatic N) is 1. The molecule has 5 heteroatoms. The van der Waals surface area contributed by atoms with Crippen LogP contribution in [0.25, 0.3) is 0 Å². The molecule has 1 aliphatic rings. The van der Waals surface area contributed by atoms with Crippen molar-refractivity contribution in [2.45, 2.75) is 39.2 Å². The van der Waals surface area contributed by atoms with Crippen LogP contribution in [0.2, 0.25) is 0 Å². The van der Waals surface area contributed by atoms with Crippen molar-refractivity contribution in [3.8, 4) is 0 Å². The molecule has 0 aliphatic carbocycles. The van der Waals surface area contributed by atoms with Gasteiger partial charge in [-0.15, -0.1) is 0 Å². The van der Waals surface area contributed by atoms with Gasteiger partial charge in [0.1, 0.15) is 0 Å². The average molecular weight is 228 g/mol. The zero-order valence-electron chi connectivity index (χ0n) is 10.1. The highest BCUT2D eigenvalue weighted by atomic mass is 16.4. The maximum atomic E-state index is 11.8. The van der Waals surface area contributed by atoms with E-state index in [0.29, 0.717) is 13.0 Å². The van der Waals surface area contributed by atoms with Crippen LogP contribution < -0.4 is 5.73 Å². The zero-order chi connectivity index (χ0) is 12.6. The summed E-state index contributed by atoms with van der Waals surface area (Å²) in [4.78, 5) is 24.4. The summed E-state index contributed by atoms with van der Waals surface area (Å²) in [7, 11) is 0. The molecule has 0 radical (unpaired) electrons. The summed E-state index contributed by atoms with van der Waals surface area (Å²) in [5.74, 6) is -0.896. The molecule has 1 fully saturated rings. The van der Waals surface area contributed by atoms with Gasteiger partial charge in [-0.3, -0.25) is 9.59 Å². The van der Waals surface area contributed by atoms with E-state index in [4.69, 9.17) is 10.8 Å². The fraction of sp³-hybridized carbons (Fsp3) is 0.818. The van der Waals surface area contributed by atoms with Crippen molar-refractivity contribution in [1.29, 1.82) is 0 Å². The molecule has 0 aromatic carbocycles. The van der Waals surface area contributed by atoms with E-state index in [2.05, 4.69) is 0 Å². The van der Waals surface area contributed by atoms with Crippen molar-refractivity contribution in [2.75, 3.05) is 13.1 Å². The molecule has 1 heterocycles. The number of nitrogens with two attached hydrogens (primary N) is 1. The van der Waals surface area contributed by atoms with Crippen LogP contribution >= 0.6 is 0 Å². The van der Waals surface area contributed by atoms with Gasteiger partial charge in [-0.25, -0.2) is 0 Å². The summed E-state index contributed by atoms with van der Waals surface area (Å²) in [5, 5.41) is 9.04. The van der Waals surface area contributed by atoms with E-state index >= 15 is 0 Å². The van der Waals surface area contributed by atoms with Crippen molar-refractivity contribution in [2.24, 2.45) is 11.1 Å². The van der Waals surface area contributed by atoms with Gasteiger partial charge in [0.05, 0.1) is 5.41 Å². The van der Waals surface area contributed by atoms with Crippen molar-refractivity contribution in [3.05, 3.63) is 0 Å². The van der Waals surface area contributed by atoms with E-state index < -0.39 is 16.9 Å². The first kappa shape index (κ1) is 13.0. The third kappa shape index (κ3) is 2.95. The fourth-order valence-corrected chi connectivity index (χ4v) is 1.85. The topological polar surface area (TPSA) is 83.6 Å². The molecule has 0 saturated carbocycles. The maximum absolute atomic E-state index is 11.8. The summed E-state index contributed by atoms with van der Waals surface area (Å²) < 4.78 is 0. The molecule has 3 N–H and O–H groups in total. The molecule has 1 unspecified atom stereocenters. The maximum Gasteiger partial charge on any atom is 0.311 e. The molecular weight excluding hydrogens is 208 g/mol. The van der Waals surface area contributed by atoms with Gasteiger partial charge in [0.15, 0.2) is 0 Å². The molecular formula is C11H20N2O3. The SMILES string of the molecule is CC(C)(N)CC(=O)N1CCC(C)(C(=O)O)C1. The number of rotatable bonds is 3. The zero-order valence-corrected chi connectivity index (χ0v) is 10.1. The van der Waals surface area contributed by atoms with Crippen molar-refractivity contribution >= 4 is 11.9 Å². The Morgan fingerprint density at radius 2 is 2.06 bits per heavy atom. The second-order valence-electron chi connectivity index (χ2n) is 5.60. The van der Waals surface area contributed by atoms with E-state index in [0.717, 1.165) is 0 Å². The number of hydrogen-bond acceptors (Lipinski definition) is 3. The first-order chi connectivity index (χ1) is 7.14. The van der Waals surface area contributed by atoms with E-state index in [1.54, 1.807) is 25.7 Å². The Balaban J connectivity index is 2.60. The van der Waals surface area contributed by atoms with E-state index in [1.807, 2.05) is 0 Å². The van der Waals surface area contributed by atoms with Crippen molar-refractivity contribution in [3.63, 3.8) is 0 Å². The van der Waals surface area contributed by atoms with Crippen molar-refractivity contribution in [1.82, 2.24) is 4.90 Å². The molecule has 0 aromatic heterocycles. The van der Waals surface area contributed by atoms with Crippen LogP contribution in [0.1, 0.15) is 33.6 Å². The molecule has 0 aromatic rings. The van der Waals surface area contributed by atoms with E-state index in [1.165, 1.54) is 0 Å². The number of aliphatic carboxylic acids is 1. The lowest BCUT2D eigenvalue weighted by Gasteiger charge is -2.24. The minimum absolute atomic E-state index is 0.0579. The van der Waals surface area contributed by atoms with Crippen LogP contribution in [0, 0.1) is 5.41 Å². The molecule has 5 nitrogen and oxygen atoms in total. The Kier molecular flexibility index (Phi) is 3.28. The van der Waals surface area contributed by atoms with Crippen LogP contribution in [0.3, 0.4) is 0 Å². The summed E-state index contributed by atoms with van der Waals surface area (Å²) >= 11 is 0. The standard InChI is InChI=1S/C11H20N2O3/c1-10(2,12)6-8(14)13-5-4-11(3,7-13)9(15)16/h4-7,12H2,1-3H3,(H,15,16). The van der Waals surface area contributed by atoms with Gasteiger partial charge >= 0.3 is 5.97 Å². The van der Waals surface area contributed by atoms with Crippen LogP contribution in [0.4, 0.5) is 0 Å². The molecule has 0 bridgehead atoms. The van der Waals surface area contributed by atoms with Gasteiger partial charge in [0.2, 0.25) is 5.91 Å². The number of amides is 1. The first-order valence-corrected chi connectivity index (χ1v) is 5.44. The normalized spacial score (nSPS) is 25.9. The van der Waals surface area contributed by atoms with Gasteiger partial charge in [-0.1, -0.05) is 0 Å². The Hall–Kier alpha value is -1.10. The second kappa shape index (κ2) is 4.05. The number of carboxylic acids is 1. The van der Waals surface area contributed by atoms with Gasteiger partial charge in [0.25, 0.3) is 0 Å². The molecule has 1 atom stereocenters. The average Bonchev–Trinajstić information content (AvgIpc) is 2.46. The molecule has 1 amide bonds. The Morgan fingerprint density at radius 1 is 1.50 bits per heavy atom. The largest absolute Gasteiger partial charge is 0.481 e. The van der Waals surface area contributed by atoms with Gasteiger partial charge < -0.3 is 15.7 Å². The van der Waals surface area contributed by atoms with Crippen LogP contribution in [0.15, 0.2) is 0 Å². The number of carbonyl (C=O) groups is 2. The summed E-state index contributed by atoms with van der Waals surface area (Å²) in [6, 6.07) is 0. The monoisotopic (exact) mass is 228 g/mol. The fourth-order valence-electron chi connectivity index (χ4n) is 1.85. The Morgan fingerprint density at radius 3 is 2.44 bits per heavy atom. The van der Waals surface area contributed by atoms with Gasteiger partial charge in [-0.2, -0.15) is 0 Å². The first-order valence-electron chi connectivity index (χ1n) is 5.44. The predicted octanol–water partition coefficient (Wildman–Crippen LogP) is 0.437. The smallest absolute Gasteiger partial charge is 0.311 e. The van der Waals surface area contributed by atoms with Gasteiger partial charge in [0, 0.05) is 25.0 Å². The molecule has 1 aliphatic heterocycles.